The fourth-order valence-corrected chi connectivity index (χ4v) is 2.61. The van der Waals surface area contributed by atoms with E-state index in [2.05, 4.69) is 37.7 Å². The first-order chi connectivity index (χ1) is 7.81. The largest absolute Gasteiger partial charge is 0.338 e. The fraction of sp³-hybridized carbons (Fsp3) is 0.667. The lowest BCUT2D eigenvalue weighted by molar-refractivity contribution is 0.414. The number of rotatable bonds is 3. The molecular formula is C12H18BrN3. The van der Waals surface area contributed by atoms with E-state index in [1.165, 1.54) is 32.1 Å². The molecule has 0 saturated heterocycles. The molecule has 0 bridgehead atoms. The van der Waals surface area contributed by atoms with Gasteiger partial charge in [-0.15, -0.1) is 0 Å². The Morgan fingerprint density at radius 2 is 1.88 bits per heavy atom. The first-order valence-corrected chi connectivity index (χ1v) is 6.84. The van der Waals surface area contributed by atoms with Gasteiger partial charge in [0.1, 0.15) is 0 Å². The topological polar surface area (TPSA) is 29.0 Å². The minimum atomic E-state index is 0.639. The Morgan fingerprint density at radius 1 is 1.25 bits per heavy atom. The quantitative estimate of drug-likeness (QED) is 0.851. The van der Waals surface area contributed by atoms with E-state index in [-0.39, 0.29) is 0 Å². The van der Waals surface area contributed by atoms with Crippen LogP contribution in [0.3, 0.4) is 0 Å². The summed E-state index contributed by atoms with van der Waals surface area (Å²) >= 11 is 3.37. The molecule has 1 aliphatic carbocycles. The van der Waals surface area contributed by atoms with Crippen molar-refractivity contribution in [2.75, 3.05) is 11.4 Å². The Morgan fingerprint density at radius 3 is 2.44 bits per heavy atom. The van der Waals surface area contributed by atoms with Crippen LogP contribution in [0.25, 0.3) is 0 Å². The third kappa shape index (κ3) is 2.73. The highest BCUT2D eigenvalue weighted by Gasteiger charge is 2.21. The van der Waals surface area contributed by atoms with E-state index < -0.39 is 0 Å². The molecule has 3 nitrogen and oxygen atoms in total. The summed E-state index contributed by atoms with van der Waals surface area (Å²) in [7, 11) is 0. The average Bonchev–Trinajstić information content (AvgIpc) is 2.34. The van der Waals surface area contributed by atoms with Crippen molar-refractivity contribution >= 4 is 21.9 Å². The summed E-state index contributed by atoms with van der Waals surface area (Å²) in [6.07, 6.45) is 10.3. The molecule has 1 saturated carbocycles. The summed E-state index contributed by atoms with van der Waals surface area (Å²) in [5, 5.41) is 0. The van der Waals surface area contributed by atoms with Gasteiger partial charge in [-0.1, -0.05) is 19.3 Å². The highest BCUT2D eigenvalue weighted by Crippen LogP contribution is 2.25. The zero-order valence-corrected chi connectivity index (χ0v) is 11.3. The zero-order chi connectivity index (χ0) is 11.4. The zero-order valence-electron chi connectivity index (χ0n) is 9.69. The van der Waals surface area contributed by atoms with Crippen molar-refractivity contribution in [1.82, 2.24) is 9.97 Å². The van der Waals surface area contributed by atoms with Crippen LogP contribution in [0.2, 0.25) is 0 Å². The standard InChI is InChI=1S/C12H18BrN3/c1-2-16(11-6-4-3-5-7-11)12-14-8-10(13)9-15-12/h8-9,11H,2-7H2,1H3. The normalized spacial score (nSPS) is 17.4. The van der Waals surface area contributed by atoms with Crippen LogP contribution < -0.4 is 4.90 Å². The summed E-state index contributed by atoms with van der Waals surface area (Å²) in [4.78, 5) is 11.1. The molecule has 88 valence electrons. The van der Waals surface area contributed by atoms with Gasteiger partial charge in [0.2, 0.25) is 5.95 Å². The highest BCUT2D eigenvalue weighted by atomic mass is 79.9. The second-order valence-electron chi connectivity index (χ2n) is 4.28. The van der Waals surface area contributed by atoms with Gasteiger partial charge in [-0.3, -0.25) is 0 Å². The van der Waals surface area contributed by atoms with Crippen LogP contribution in [-0.4, -0.2) is 22.6 Å². The number of anilines is 1. The van der Waals surface area contributed by atoms with Gasteiger partial charge in [0, 0.05) is 25.0 Å². The van der Waals surface area contributed by atoms with E-state index in [0.29, 0.717) is 6.04 Å². The lowest BCUT2D eigenvalue weighted by Crippen LogP contribution is -2.37. The summed E-state index contributed by atoms with van der Waals surface area (Å²) in [5.74, 6) is 0.873. The first kappa shape index (κ1) is 11.8. The molecule has 1 heterocycles. The van der Waals surface area contributed by atoms with E-state index in [1.807, 2.05) is 12.4 Å². The fourth-order valence-electron chi connectivity index (χ4n) is 2.41. The molecular weight excluding hydrogens is 266 g/mol. The number of hydrogen-bond acceptors (Lipinski definition) is 3. The summed E-state index contributed by atoms with van der Waals surface area (Å²) in [6.45, 7) is 3.17. The molecule has 2 rings (SSSR count). The van der Waals surface area contributed by atoms with Crippen LogP contribution in [-0.2, 0) is 0 Å². The van der Waals surface area contributed by atoms with Crippen LogP contribution in [0.1, 0.15) is 39.0 Å². The van der Waals surface area contributed by atoms with Crippen molar-refractivity contribution < 1.29 is 0 Å². The van der Waals surface area contributed by atoms with Gasteiger partial charge in [-0.2, -0.15) is 0 Å². The second-order valence-corrected chi connectivity index (χ2v) is 5.19. The molecule has 0 spiro atoms. The first-order valence-electron chi connectivity index (χ1n) is 6.05. The van der Waals surface area contributed by atoms with E-state index in [9.17, 15) is 0 Å². The summed E-state index contributed by atoms with van der Waals surface area (Å²) in [5.41, 5.74) is 0. The molecule has 0 unspecified atom stereocenters. The van der Waals surface area contributed by atoms with Crippen molar-refractivity contribution in [1.29, 1.82) is 0 Å². The van der Waals surface area contributed by atoms with Gasteiger partial charge in [-0.25, -0.2) is 9.97 Å². The lowest BCUT2D eigenvalue weighted by Gasteiger charge is -2.33. The van der Waals surface area contributed by atoms with Crippen LogP contribution in [0.4, 0.5) is 5.95 Å². The molecule has 1 fully saturated rings. The molecule has 0 aromatic carbocycles. The van der Waals surface area contributed by atoms with Crippen molar-refractivity contribution in [3.63, 3.8) is 0 Å². The van der Waals surface area contributed by atoms with Gasteiger partial charge in [0.15, 0.2) is 0 Å². The van der Waals surface area contributed by atoms with Crippen molar-refractivity contribution in [3.8, 4) is 0 Å². The monoisotopic (exact) mass is 283 g/mol. The van der Waals surface area contributed by atoms with Crippen LogP contribution in [0, 0.1) is 0 Å². The van der Waals surface area contributed by atoms with Crippen molar-refractivity contribution in [3.05, 3.63) is 16.9 Å². The third-order valence-corrected chi connectivity index (χ3v) is 3.63. The molecule has 16 heavy (non-hydrogen) atoms. The molecule has 1 aromatic heterocycles. The highest BCUT2D eigenvalue weighted by molar-refractivity contribution is 9.10. The molecule has 0 radical (unpaired) electrons. The van der Waals surface area contributed by atoms with Crippen LogP contribution >= 0.6 is 15.9 Å². The van der Waals surface area contributed by atoms with Gasteiger partial charge < -0.3 is 4.90 Å². The summed E-state index contributed by atoms with van der Waals surface area (Å²) < 4.78 is 0.941. The van der Waals surface area contributed by atoms with E-state index in [0.717, 1.165) is 17.0 Å². The van der Waals surface area contributed by atoms with Gasteiger partial charge >= 0.3 is 0 Å². The number of halogens is 1. The second kappa shape index (κ2) is 5.62. The van der Waals surface area contributed by atoms with Gasteiger partial charge in [0.25, 0.3) is 0 Å². The molecule has 0 aliphatic heterocycles. The maximum atomic E-state index is 4.39. The molecule has 0 amide bonds. The molecule has 1 aliphatic rings. The molecule has 0 N–H and O–H groups in total. The van der Waals surface area contributed by atoms with Crippen molar-refractivity contribution in [2.24, 2.45) is 0 Å². The van der Waals surface area contributed by atoms with Crippen LogP contribution in [0.5, 0.6) is 0 Å². The van der Waals surface area contributed by atoms with Gasteiger partial charge in [-0.05, 0) is 35.7 Å². The van der Waals surface area contributed by atoms with Crippen molar-refractivity contribution in [2.45, 2.75) is 45.1 Å². The number of nitrogens with zero attached hydrogens (tertiary/aromatic N) is 3. The Bertz CT molecular complexity index is 320. The number of hydrogen-bond donors (Lipinski definition) is 0. The SMILES string of the molecule is CCN(c1ncc(Br)cn1)C1CCCCC1. The Balaban J connectivity index is 2.11. The Hall–Kier alpha value is -0.640. The minimum Gasteiger partial charge on any atom is -0.338 e. The van der Waals surface area contributed by atoms with E-state index in [4.69, 9.17) is 0 Å². The predicted molar refractivity (Wildman–Crippen MR) is 69.6 cm³/mol. The lowest BCUT2D eigenvalue weighted by atomic mass is 9.94. The maximum absolute atomic E-state index is 4.39. The molecule has 1 aromatic rings. The molecule has 0 atom stereocenters. The Labute approximate surface area is 105 Å². The maximum Gasteiger partial charge on any atom is 0.225 e. The number of aromatic nitrogens is 2. The van der Waals surface area contributed by atoms with Crippen LogP contribution in [0.15, 0.2) is 16.9 Å². The predicted octanol–water partition coefficient (Wildman–Crippen LogP) is 3.40. The van der Waals surface area contributed by atoms with E-state index >= 15 is 0 Å². The molecule has 4 heteroatoms. The summed E-state index contributed by atoms with van der Waals surface area (Å²) in [6, 6.07) is 0.639. The smallest absolute Gasteiger partial charge is 0.225 e. The minimum absolute atomic E-state index is 0.639. The average molecular weight is 284 g/mol. The van der Waals surface area contributed by atoms with Gasteiger partial charge in [0.05, 0.1) is 4.47 Å². The Kier molecular flexibility index (Phi) is 4.16. The third-order valence-electron chi connectivity index (χ3n) is 3.22. The van der Waals surface area contributed by atoms with E-state index in [1.54, 1.807) is 0 Å².